The maximum absolute atomic E-state index is 12.5. The molecule has 2 rings (SSSR count). The second-order valence-corrected chi connectivity index (χ2v) is 6.00. The highest BCUT2D eigenvalue weighted by Crippen LogP contribution is 2.22. The van der Waals surface area contributed by atoms with E-state index in [0.717, 1.165) is 17.5 Å². The van der Waals surface area contributed by atoms with Crippen molar-refractivity contribution in [3.8, 4) is 0 Å². The molecule has 0 saturated heterocycles. The third kappa shape index (κ3) is 5.03. The first-order valence-electron chi connectivity index (χ1n) is 7.92. The van der Waals surface area contributed by atoms with Crippen molar-refractivity contribution in [2.24, 2.45) is 5.92 Å². The van der Waals surface area contributed by atoms with Crippen molar-refractivity contribution in [2.45, 2.75) is 32.6 Å². The summed E-state index contributed by atoms with van der Waals surface area (Å²) in [6, 6.07) is 20.0. The minimum absolute atomic E-state index is 0.129. The lowest BCUT2D eigenvalue weighted by atomic mass is 9.92. The summed E-state index contributed by atoms with van der Waals surface area (Å²) < 4.78 is 5.50. The summed E-state index contributed by atoms with van der Waals surface area (Å²) in [6.07, 6.45) is 1.57. The highest BCUT2D eigenvalue weighted by molar-refractivity contribution is 5.78. The topological polar surface area (TPSA) is 26.3 Å². The van der Waals surface area contributed by atoms with E-state index in [1.165, 1.54) is 0 Å². The molecule has 2 nitrogen and oxygen atoms in total. The van der Waals surface area contributed by atoms with E-state index < -0.39 is 0 Å². The molecule has 0 aliphatic heterocycles. The number of hydrogen-bond donors (Lipinski definition) is 0. The summed E-state index contributed by atoms with van der Waals surface area (Å²) in [7, 11) is 0. The monoisotopic (exact) mass is 296 g/mol. The fourth-order valence-electron chi connectivity index (χ4n) is 2.37. The number of carbonyl (C=O) groups excluding carboxylic acids is 1. The van der Waals surface area contributed by atoms with E-state index in [1.807, 2.05) is 48.5 Å². The summed E-state index contributed by atoms with van der Waals surface area (Å²) in [6.45, 7) is 4.76. The van der Waals surface area contributed by atoms with Gasteiger partial charge in [0.15, 0.2) is 0 Å². The van der Waals surface area contributed by atoms with E-state index in [-0.39, 0.29) is 11.9 Å². The van der Waals surface area contributed by atoms with Gasteiger partial charge in [0.25, 0.3) is 0 Å². The Kier molecular flexibility index (Phi) is 6.20. The molecule has 0 aliphatic rings. The van der Waals surface area contributed by atoms with Gasteiger partial charge >= 0.3 is 5.97 Å². The molecular formula is C20H24O2. The molecule has 1 unspecified atom stereocenters. The van der Waals surface area contributed by atoms with E-state index in [1.54, 1.807) is 0 Å². The lowest BCUT2D eigenvalue weighted by Gasteiger charge is -2.17. The maximum atomic E-state index is 12.5. The van der Waals surface area contributed by atoms with E-state index in [0.29, 0.717) is 18.9 Å². The van der Waals surface area contributed by atoms with Crippen LogP contribution in [0, 0.1) is 5.92 Å². The molecule has 0 amide bonds. The molecule has 0 N–H and O–H groups in total. The molecule has 22 heavy (non-hydrogen) atoms. The molecule has 0 fully saturated rings. The molecule has 2 aromatic carbocycles. The molecule has 1 atom stereocenters. The van der Waals surface area contributed by atoms with Crippen molar-refractivity contribution in [3.05, 3.63) is 71.8 Å². The van der Waals surface area contributed by atoms with E-state index in [9.17, 15) is 4.79 Å². The van der Waals surface area contributed by atoms with Crippen molar-refractivity contribution >= 4 is 5.97 Å². The average Bonchev–Trinajstić information content (AvgIpc) is 2.54. The Morgan fingerprint density at radius 1 is 0.955 bits per heavy atom. The normalized spacial score (nSPS) is 12.1. The van der Waals surface area contributed by atoms with Gasteiger partial charge in [0.05, 0.1) is 12.5 Å². The molecular weight excluding hydrogens is 272 g/mol. The van der Waals surface area contributed by atoms with Crippen molar-refractivity contribution in [1.29, 1.82) is 0 Å². The summed E-state index contributed by atoms with van der Waals surface area (Å²) in [5.41, 5.74) is 2.16. The van der Waals surface area contributed by atoms with Crippen LogP contribution in [0.1, 0.15) is 37.3 Å². The lowest BCUT2D eigenvalue weighted by molar-refractivity contribution is -0.145. The Balaban J connectivity index is 2.10. The first-order chi connectivity index (χ1) is 10.7. The van der Waals surface area contributed by atoms with E-state index in [2.05, 4.69) is 26.0 Å². The van der Waals surface area contributed by atoms with Crippen molar-refractivity contribution < 1.29 is 9.53 Å². The van der Waals surface area contributed by atoms with Crippen molar-refractivity contribution in [1.82, 2.24) is 0 Å². The van der Waals surface area contributed by atoms with Crippen LogP contribution in [0.3, 0.4) is 0 Å². The first-order valence-corrected chi connectivity index (χ1v) is 7.92. The zero-order valence-corrected chi connectivity index (χ0v) is 13.4. The van der Waals surface area contributed by atoms with Gasteiger partial charge in [-0.1, -0.05) is 74.5 Å². The number of benzene rings is 2. The number of ether oxygens (including phenoxy) is 1. The fraction of sp³-hybridized carbons (Fsp3) is 0.350. The second-order valence-electron chi connectivity index (χ2n) is 6.00. The quantitative estimate of drug-likeness (QED) is 0.698. The fourth-order valence-corrected chi connectivity index (χ4v) is 2.37. The molecule has 2 aromatic rings. The largest absolute Gasteiger partial charge is 0.465 e. The summed E-state index contributed by atoms with van der Waals surface area (Å²) in [4.78, 5) is 12.5. The van der Waals surface area contributed by atoms with Gasteiger partial charge in [-0.15, -0.1) is 0 Å². The Morgan fingerprint density at radius 2 is 1.55 bits per heavy atom. The van der Waals surface area contributed by atoms with Crippen LogP contribution in [0.5, 0.6) is 0 Å². The molecule has 0 heterocycles. The zero-order valence-electron chi connectivity index (χ0n) is 13.4. The molecule has 0 bridgehead atoms. The van der Waals surface area contributed by atoms with Crippen LogP contribution >= 0.6 is 0 Å². The van der Waals surface area contributed by atoms with Gasteiger partial charge in [0.2, 0.25) is 0 Å². The van der Waals surface area contributed by atoms with Gasteiger partial charge in [0.1, 0.15) is 0 Å². The van der Waals surface area contributed by atoms with Crippen molar-refractivity contribution in [3.63, 3.8) is 0 Å². The highest BCUT2D eigenvalue weighted by atomic mass is 16.5. The van der Waals surface area contributed by atoms with Crippen LogP contribution < -0.4 is 0 Å². The van der Waals surface area contributed by atoms with Crippen LogP contribution in [0.4, 0.5) is 0 Å². The SMILES string of the molecule is CC(C)CCOC(=O)C(Cc1ccccc1)c1ccccc1. The van der Waals surface area contributed by atoms with Gasteiger partial charge in [0, 0.05) is 0 Å². The van der Waals surface area contributed by atoms with Crippen LogP contribution in [0.15, 0.2) is 60.7 Å². The van der Waals surface area contributed by atoms with Gasteiger partial charge < -0.3 is 4.74 Å². The molecule has 116 valence electrons. The summed E-state index contributed by atoms with van der Waals surface area (Å²) >= 11 is 0. The molecule has 0 aliphatic carbocycles. The number of hydrogen-bond acceptors (Lipinski definition) is 2. The molecule has 0 spiro atoms. The van der Waals surface area contributed by atoms with Gasteiger partial charge in [-0.05, 0) is 29.9 Å². The molecule has 0 saturated carbocycles. The average molecular weight is 296 g/mol. The maximum Gasteiger partial charge on any atom is 0.313 e. The van der Waals surface area contributed by atoms with Gasteiger partial charge in [-0.25, -0.2) is 0 Å². The molecule has 2 heteroatoms. The smallest absolute Gasteiger partial charge is 0.313 e. The van der Waals surface area contributed by atoms with Gasteiger partial charge in [-0.2, -0.15) is 0 Å². The summed E-state index contributed by atoms with van der Waals surface area (Å²) in [5, 5.41) is 0. The third-order valence-corrected chi connectivity index (χ3v) is 3.71. The predicted molar refractivity (Wildman–Crippen MR) is 89.7 cm³/mol. The highest BCUT2D eigenvalue weighted by Gasteiger charge is 2.22. The Hall–Kier alpha value is -2.09. The first kappa shape index (κ1) is 16.3. The number of rotatable bonds is 7. The van der Waals surface area contributed by atoms with E-state index in [4.69, 9.17) is 4.74 Å². The Labute approximate surface area is 133 Å². The third-order valence-electron chi connectivity index (χ3n) is 3.71. The van der Waals surface area contributed by atoms with Crippen molar-refractivity contribution in [2.75, 3.05) is 6.61 Å². The van der Waals surface area contributed by atoms with Crippen LogP contribution in [-0.2, 0) is 16.0 Å². The van der Waals surface area contributed by atoms with Crippen LogP contribution in [-0.4, -0.2) is 12.6 Å². The molecule has 0 aromatic heterocycles. The standard InChI is InChI=1S/C20H24O2/c1-16(2)13-14-22-20(21)19(18-11-7-4-8-12-18)15-17-9-5-3-6-10-17/h3-12,16,19H,13-15H2,1-2H3. The summed E-state index contributed by atoms with van der Waals surface area (Å²) in [5.74, 6) is 0.170. The van der Waals surface area contributed by atoms with Crippen LogP contribution in [0.2, 0.25) is 0 Å². The molecule has 0 radical (unpaired) electrons. The lowest BCUT2D eigenvalue weighted by Crippen LogP contribution is -2.19. The predicted octanol–water partition coefficient (Wildman–Crippen LogP) is 4.60. The number of carbonyl (C=O) groups is 1. The zero-order chi connectivity index (χ0) is 15.8. The Morgan fingerprint density at radius 3 is 2.14 bits per heavy atom. The minimum atomic E-state index is -0.240. The minimum Gasteiger partial charge on any atom is -0.465 e. The second kappa shape index (κ2) is 8.38. The Bertz CT molecular complexity index is 561. The van der Waals surface area contributed by atoms with Crippen LogP contribution in [0.25, 0.3) is 0 Å². The number of esters is 1. The van der Waals surface area contributed by atoms with Gasteiger partial charge in [-0.3, -0.25) is 4.79 Å². The van der Waals surface area contributed by atoms with E-state index >= 15 is 0 Å².